The summed E-state index contributed by atoms with van der Waals surface area (Å²) in [4.78, 5) is 0. The van der Waals surface area contributed by atoms with E-state index < -0.39 is 0 Å². The quantitative estimate of drug-likeness (QED) is 0.184. The standard InChI is InChI=1S/C19H15IN4/c20-16-9-7-8-15(14-16)19(23-21-17-10-3-1-4-11-17)24-22-18-12-5-2-6-13-18/h1-14,21H. The summed E-state index contributed by atoms with van der Waals surface area (Å²) in [5.74, 6) is 0.529. The van der Waals surface area contributed by atoms with Gasteiger partial charge in [0.05, 0.1) is 11.4 Å². The first kappa shape index (κ1) is 16.3. The number of para-hydroxylation sites is 1. The van der Waals surface area contributed by atoms with Gasteiger partial charge in [-0.3, -0.25) is 5.43 Å². The Morgan fingerprint density at radius 1 is 0.792 bits per heavy atom. The van der Waals surface area contributed by atoms with Crippen molar-refractivity contribution in [1.82, 2.24) is 0 Å². The number of nitrogens with zero attached hydrogens (tertiary/aromatic N) is 3. The highest BCUT2D eigenvalue weighted by molar-refractivity contribution is 14.1. The Bertz CT molecular complexity index is 846. The van der Waals surface area contributed by atoms with Gasteiger partial charge >= 0.3 is 0 Å². The minimum absolute atomic E-state index is 0.529. The number of hydrogen-bond donors (Lipinski definition) is 1. The van der Waals surface area contributed by atoms with E-state index in [0.29, 0.717) is 5.84 Å². The van der Waals surface area contributed by atoms with Crippen LogP contribution in [0.25, 0.3) is 0 Å². The zero-order valence-corrected chi connectivity index (χ0v) is 15.0. The monoisotopic (exact) mass is 426 g/mol. The molecule has 0 unspecified atom stereocenters. The third kappa shape index (κ3) is 4.73. The number of amidine groups is 1. The van der Waals surface area contributed by atoms with E-state index in [4.69, 9.17) is 0 Å². The molecule has 0 atom stereocenters. The van der Waals surface area contributed by atoms with Crippen molar-refractivity contribution in [1.29, 1.82) is 0 Å². The molecule has 3 aromatic rings. The van der Waals surface area contributed by atoms with Crippen molar-refractivity contribution in [2.45, 2.75) is 0 Å². The number of benzene rings is 3. The largest absolute Gasteiger partial charge is 0.276 e. The topological polar surface area (TPSA) is 49.1 Å². The Labute approximate surface area is 154 Å². The van der Waals surface area contributed by atoms with E-state index in [1.807, 2.05) is 84.9 Å². The molecule has 0 saturated carbocycles. The molecular weight excluding hydrogens is 411 g/mol. The molecule has 0 amide bonds. The molecule has 3 aromatic carbocycles. The second-order valence-electron chi connectivity index (χ2n) is 4.96. The van der Waals surface area contributed by atoms with Gasteiger partial charge in [-0.25, -0.2) is 0 Å². The summed E-state index contributed by atoms with van der Waals surface area (Å²) in [6, 6.07) is 27.4. The fraction of sp³-hybridized carbons (Fsp3) is 0. The maximum atomic E-state index is 4.42. The van der Waals surface area contributed by atoms with Gasteiger partial charge in [-0.05, 0) is 59.0 Å². The van der Waals surface area contributed by atoms with E-state index in [9.17, 15) is 0 Å². The van der Waals surface area contributed by atoms with Gasteiger partial charge in [-0.1, -0.05) is 48.5 Å². The Kier molecular flexibility index (Phi) is 5.68. The molecule has 0 heterocycles. The van der Waals surface area contributed by atoms with E-state index in [1.54, 1.807) is 0 Å². The minimum atomic E-state index is 0.529. The SMILES string of the molecule is Ic1cccc(C(N=Nc2ccccc2)=NNc2ccccc2)c1. The number of rotatable bonds is 4. The van der Waals surface area contributed by atoms with Crippen LogP contribution >= 0.6 is 22.6 Å². The molecule has 0 spiro atoms. The lowest BCUT2D eigenvalue weighted by Crippen LogP contribution is -2.01. The molecule has 5 heteroatoms. The van der Waals surface area contributed by atoms with Gasteiger partial charge in [-0.2, -0.15) is 5.10 Å². The van der Waals surface area contributed by atoms with Crippen LogP contribution in [0.15, 0.2) is 100 Å². The molecule has 3 rings (SSSR count). The lowest BCUT2D eigenvalue weighted by molar-refractivity contribution is 1.22. The number of azo groups is 1. The predicted molar refractivity (Wildman–Crippen MR) is 107 cm³/mol. The first-order valence-corrected chi connectivity index (χ1v) is 8.50. The number of hydrazone groups is 1. The number of halogens is 1. The highest BCUT2D eigenvalue weighted by Gasteiger charge is 2.04. The zero-order chi connectivity index (χ0) is 16.6. The maximum Gasteiger partial charge on any atom is 0.201 e. The van der Waals surface area contributed by atoms with Gasteiger partial charge in [0.15, 0.2) is 0 Å². The van der Waals surface area contributed by atoms with Gasteiger partial charge < -0.3 is 0 Å². The Morgan fingerprint density at radius 3 is 2.21 bits per heavy atom. The average molecular weight is 426 g/mol. The minimum Gasteiger partial charge on any atom is -0.276 e. The summed E-state index contributed by atoms with van der Waals surface area (Å²) >= 11 is 2.27. The van der Waals surface area contributed by atoms with Crippen LogP contribution in [0, 0.1) is 3.57 Å². The zero-order valence-electron chi connectivity index (χ0n) is 12.8. The van der Waals surface area contributed by atoms with Crippen LogP contribution in [0.2, 0.25) is 0 Å². The fourth-order valence-corrected chi connectivity index (χ4v) is 2.55. The van der Waals surface area contributed by atoms with Crippen molar-refractivity contribution in [2.75, 3.05) is 5.43 Å². The summed E-state index contributed by atoms with van der Waals surface area (Å²) in [5, 5.41) is 13.0. The lowest BCUT2D eigenvalue weighted by atomic mass is 10.2. The van der Waals surface area contributed by atoms with E-state index in [2.05, 4.69) is 43.3 Å². The van der Waals surface area contributed by atoms with E-state index in [1.165, 1.54) is 0 Å². The molecule has 0 aliphatic carbocycles. The van der Waals surface area contributed by atoms with Crippen molar-refractivity contribution < 1.29 is 0 Å². The summed E-state index contributed by atoms with van der Waals surface area (Å²) in [6.07, 6.45) is 0. The van der Waals surface area contributed by atoms with Gasteiger partial charge in [0.2, 0.25) is 5.84 Å². The number of anilines is 1. The first-order chi connectivity index (χ1) is 11.8. The van der Waals surface area contributed by atoms with Gasteiger partial charge in [0.1, 0.15) is 0 Å². The Morgan fingerprint density at radius 2 is 1.50 bits per heavy atom. The van der Waals surface area contributed by atoms with Crippen molar-refractivity contribution in [3.8, 4) is 0 Å². The highest BCUT2D eigenvalue weighted by atomic mass is 127. The van der Waals surface area contributed by atoms with Crippen LogP contribution in [-0.4, -0.2) is 5.84 Å². The molecule has 0 aliphatic rings. The summed E-state index contributed by atoms with van der Waals surface area (Å²) < 4.78 is 1.12. The molecule has 0 radical (unpaired) electrons. The van der Waals surface area contributed by atoms with E-state index >= 15 is 0 Å². The highest BCUT2D eigenvalue weighted by Crippen LogP contribution is 2.15. The maximum absolute atomic E-state index is 4.42. The molecular formula is C19H15IN4. The van der Waals surface area contributed by atoms with Gasteiger partial charge in [0, 0.05) is 9.13 Å². The van der Waals surface area contributed by atoms with E-state index in [-0.39, 0.29) is 0 Å². The summed E-state index contributed by atoms with van der Waals surface area (Å²) in [5.41, 5.74) is 5.62. The van der Waals surface area contributed by atoms with Gasteiger partial charge in [-0.15, -0.1) is 10.2 Å². The molecule has 0 aromatic heterocycles. The van der Waals surface area contributed by atoms with Crippen LogP contribution < -0.4 is 5.43 Å². The molecule has 24 heavy (non-hydrogen) atoms. The van der Waals surface area contributed by atoms with Crippen LogP contribution in [0.3, 0.4) is 0 Å². The lowest BCUT2D eigenvalue weighted by Gasteiger charge is -2.04. The van der Waals surface area contributed by atoms with Crippen LogP contribution in [0.5, 0.6) is 0 Å². The van der Waals surface area contributed by atoms with Crippen molar-refractivity contribution in [2.24, 2.45) is 15.3 Å². The summed E-state index contributed by atoms with van der Waals surface area (Å²) in [7, 11) is 0. The molecule has 0 saturated heterocycles. The molecule has 4 nitrogen and oxygen atoms in total. The number of hydrogen-bond acceptors (Lipinski definition) is 3. The first-order valence-electron chi connectivity index (χ1n) is 7.43. The molecule has 118 valence electrons. The third-order valence-electron chi connectivity index (χ3n) is 3.16. The normalized spacial score (nSPS) is 11.6. The van der Waals surface area contributed by atoms with Crippen LogP contribution in [0.4, 0.5) is 11.4 Å². The smallest absolute Gasteiger partial charge is 0.201 e. The second kappa shape index (κ2) is 8.35. The van der Waals surface area contributed by atoms with E-state index in [0.717, 1.165) is 20.5 Å². The fourth-order valence-electron chi connectivity index (χ4n) is 2.00. The van der Waals surface area contributed by atoms with Crippen LogP contribution in [-0.2, 0) is 0 Å². The van der Waals surface area contributed by atoms with Crippen molar-refractivity contribution in [3.63, 3.8) is 0 Å². The summed E-state index contributed by atoms with van der Waals surface area (Å²) in [6.45, 7) is 0. The average Bonchev–Trinajstić information content (AvgIpc) is 2.63. The Hall–Kier alpha value is -2.54. The third-order valence-corrected chi connectivity index (χ3v) is 3.83. The molecule has 1 N–H and O–H groups in total. The molecule has 0 aliphatic heterocycles. The number of nitrogens with one attached hydrogen (secondary N) is 1. The Balaban J connectivity index is 1.90. The molecule has 0 bridgehead atoms. The van der Waals surface area contributed by atoms with Crippen molar-refractivity contribution in [3.05, 3.63) is 94.1 Å². The second-order valence-corrected chi connectivity index (χ2v) is 6.20. The van der Waals surface area contributed by atoms with Crippen LogP contribution in [0.1, 0.15) is 5.56 Å². The van der Waals surface area contributed by atoms with Crippen molar-refractivity contribution >= 4 is 39.8 Å². The predicted octanol–water partition coefficient (Wildman–Crippen LogP) is 5.85. The molecule has 0 fully saturated rings. The van der Waals surface area contributed by atoms with Gasteiger partial charge in [0.25, 0.3) is 0 Å².